The highest BCUT2D eigenvalue weighted by Crippen LogP contribution is 2.44. The van der Waals surface area contributed by atoms with E-state index in [0.717, 1.165) is 12.8 Å². The van der Waals surface area contributed by atoms with Gasteiger partial charge in [-0.25, -0.2) is 23.5 Å². The summed E-state index contributed by atoms with van der Waals surface area (Å²) < 4.78 is 4.20. The molecule has 4 atom stereocenters. The van der Waals surface area contributed by atoms with Crippen molar-refractivity contribution < 1.29 is 0 Å². The van der Waals surface area contributed by atoms with Crippen molar-refractivity contribution in [1.29, 1.82) is 0 Å². The number of para-hydroxylation sites is 1. The summed E-state index contributed by atoms with van der Waals surface area (Å²) in [5.74, 6) is 0. The van der Waals surface area contributed by atoms with Crippen LogP contribution < -0.4 is 11.4 Å². The Morgan fingerprint density at radius 3 is 1.81 bits per heavy atom. The Kier molecular flexibility index (Phi) is 2.84. The van der Waals surface area contributed by atoms with Crippen molar-refractivity contribution >= 4 is 23.2 Å². The SMILES string of the molecule is O=c1n(-c2ccccc2)c(=O)n2n1[C@@H]1CC[C@H]2[C@@H](Cl)[C@@H]1Cl. The third-order valence-corrected chi connectivity index (χ3v) is 5.70. The van der Waals surface area contributed by atoms with E-state index in [1.807, 2.05) is 6.07 Å². The maximum absolute atomic E-state index is 12.7. The topological polar surface area (TPSA) is 48.9 Å². The highest BCUT2D eigenvalue weighted by Gasteiger charge is 2.48. The van der Waals surface area contributed by atoms with Gasteiger partial charge in [-0.1, -0.05) is 18.2 Å². The summed E-state index contributed by atoms with van der Waals surface area (Å²) in [6.45, 7) is 0. The molecule has 0 amide bonds. The van der Waals surface area contributed by atoms with Crippen LogP contribution in [0, 0.1) is 0 Å². The Bertz CT molecular complexity index is 760. The molecule has 1 aromatic carbocycles. The molecule has 5 rings (SSSR count). The zero-order valence-corrected chi connectivity index (χ0v) is 12.5. The second-order valence-electron chi connectivity index (χ2n) is 5.53. The van der Waals surface area contributed by atoms with Crippen molar-refractivity contribution in [3.8, 4) is 5.69 Å². The van der Waals surface area contributed by atoms with Crippen molar-refractivity contribution in [2.45, 2.75) is 35.7 Å². The van der Waals surface area contributed by atoms with Gasteiger partial charge in [0.25, 0.3) is 0 Å². The van der Waals surface area contributed by atoms with Gasteiger partial charge in [-0.2, -0.15) is 0 Å². The Morgan fingerprint density at radius 2 is 1.33 bits per heavy atom. The smallest absolute Gasteiger partial charge is 0.245 e. The Labute approximate surface area is 130 Å². The van der Waals surface area contributed by atoms with Crippen molar-refractivity contribution in [2.24, 2.45) is 0 Å². The molecule has 21 heavy (non-hydrogen) atoms. The Morgan fingerprint density at radius 1 is 0.857 bits per heavy atom. The van der Waals surface area contributed by atoms with Gasteiger partial charge in [0.05, 0.1) is 28.5 Å². The van der Waals surface area contributed by atoms with Crippen molar-refractivity contribution in [3.05, 3.63) is 51.3 Å². The van der Waals surface area contributed by atoms with Gasteiger partial charge in [-0.15, -0.1) is 23.2 Å². The lowest BCUT2D eigenvalue weighted by atomic mass is 9.88. The van der Waals surface area contributed by atoms with E-state index < -0.39 is 0 Å². The number of hydrogen-bond donors (Lipinski definition) is 0. The predicted molar refractivity (Wildman–Crippen MR) is 80.9 cm³/mol. The molecule has 0 unspecified atom stereocenters. The number of fused-ring (bicyclic) bond motifs is 2. The van der Waals surface area contributed by atoms with E-state index >= 15 is 0 Å². The number of rotatable bonds is 1. The van der Waals surface area contributed by atoms with E-state index in [1.54, 1.807) is 24.3 Å². The number of hydrogen-bond acceptors (Lipinski definition) is 2. The molecular formula is C14H13Cl2N3O2. The van der Waals surface area contributed by atoms with E-state index in [2.05, 4.69) is 0 Å². The quantitative estimate of drug-likeness (QED) is 0.752. The minimum absolute atomic E-state index is 0.218. The fraction of sp³-hybridized carbons (Fsp3) is 0.429. The zero-order chi connectivity index (χ0) is 14.7. The largest absolute Gasteiger partial charge is 0.352 e. The van der Waals surface area contributed by atoms with Crippen molar-refractivity contribution in [1.82, 2.24) is 13.9 Å². The number of halogens is 2. The summed E-state index contributed by atoms with van der Waals surface area (Å²) in [5, 5.41) is -0.650. The molecule has 1 aliphatic carbocycles. The van der Waals surface area contributed by atoms with Crippen LogP contribution in [0.3, 0.4) is 0 Å². The third-order valence-electron chi connectivity index (χ3n) is 4.45. The molecule has 2 aromatic rings. The van der Waals surface area contributed by atoms with Crippen LogP contribution in [0.15, 0.2) is 39.9 Å². The van der Waals surface area contributed by atoms with Gasteiger partial charge in [-0.05, 0) is 25.0 Å². The van der Waals surface area contributed by atoms with Gasteiger partial charge in [-0.3, -0.25) is 0 Å². The third kappa shape index (κ3) is 1.64. The first-order valence-corrected chi connectivity index (χ1v) is 7.78. The molecule has 3 heterocycles. The minimum atomic E-state index is -0.338. The first kappa shape index (κ1) is 13.2. The average molecular weight is 326 g/mol. The Balaban J connectivity index is 2.02. The van der Waals surface area contributed by atoms with Crippen molar-refractivity contribution in [3.63, 3.8) is 0 Å². The van der Waals surface area contributed by atoms with Crippen LogP contribution in [0.2, 0.25) is 0 Å². The first-order chi connectivity index (χ1) is 10.1. The van der Waals surface area contributed by atoms with Crippen molar-refractivity contribution in [2.75, 3.05) is 0 Å². The van der Waals surface area contributed by atoms with Gasteiger partial charge in [0.2, 0.25) is 0 Å². The fourth-order valence-corrected chi connectivity index (χ4v) is 4.27. The minimum Gasteiger partial charge on any atom is -0.245 e. The molecule has 0 saturated heterocycles. The highest BCUT2D eigenvalue weighted by atomic mass is 35.5. The molecule has 1 fully saturated rings. The molecule has 2 bridgehead atoms. The molecular weight excluding hydrogens is 313 g/mol. The number of benzene rings is 1. The van der Waals surface area contributed by atoms with Crippen LogP contribution in [-0.4, -0.2) is 24.7 Å². The van der Waals surface area contributed by atoms with Gasteiger partial charge in [0, 0.05) is 0 Å². The molecule has 110 valence electrons. The molecule has 7 heteroatoms. The summed E-state index contributed by atoms with van der Waals surface area (Å²) in [4.78, 5) is 25.4. The summed E-state index contributed by atoms with van der Waals surface area (Å²) in [6.07, 6.45) is 1.56. The Hall–Kier alpha value is -1.46. The second kappa shape index (κ2) is 4.52. The van der Waals surface area contributed by atoms with Crippen LogP contribution in [0.1, 0.15) is 24.9 Å². The predicted octanol–water partition coefficient (Wildman–Crippen LogP) is 1.91. The molecule has 0 radical (unpaired) electrons. The molecule has 1 aromatic heterocycles. The molecule has 0 spiro atoms. The van der Waals surface area contributed by atoms with E-state index in [9.17, 15) is 9.59 Å². The molecule has 3 aliphatic rings. The lowest BCUT2D eigenvalue weighted by Gasteiger charge is -2.44. The standard InChI is InChI=1S/C14H13Cl2N3O2/c15-11-9-6-7-10(12(11)16)19-14(21)17(13(20)18(9)19)8-4-2-1-3-5-8/h1-5,9-12H,6-7H2/t9-,10+,11-,12-/m1/s1. The maximum atomic E-state index is 12.7. The summed E-state index contributed by atoms with van der Waals surface area (Å²) in [7, 11) is 0. The monoisotopic (exact) mass is 325 g/mol. The lowest BCUT2D eigenvalue weighted by Crippen LogP contribution is -2.52. The van der Waals surface area contributed by atoms with Crippen LogP contribution in [-0.2, 0) is 0 Å². The van der Waals surface area contributed by atoms with E-state index in [4.69, 9.17) is 23.2 Å². The van der Waals surface area contributed by atoms with Gasteiger partial charge in [0.1, 0.15) is 0 Å². The molecule has 1 saturated carbocycles. The van der Waals surface area contributed by atoms with E-state index in [-0.39, 0.29) is 34.2 Å². The second-order valence-corrected chi connectivity index (χ2v) is 6.53. The fourth-order valence-electron chi connectivity index (χ4n) is 3.47. The van der Waals surface area contributed by atoms with Crippen LogP contribution in [0.25, 0.3) is 5.69 Å². The molecule has 5 nitrogen and oxygen atoms in total. The lowest BCUT2D eigenvalue weighted by molar-refractivity contribution is 0.145. The summed E-state index contributed by atoms with van der Waals surface area (Å²) in [5.41, 5.74) is -0.108. The van der Waals surface area contributed by atoms with Gasteiger partial charge >= 0.3 is 11.4 Å². The number of nitrogens with zero attached hydrogens (tertiary/aromatic N) is 3. The molecule has 0 N–H and O–H groups in total. The number of aromatic nitrogens is 3. The summed E-state index contributed by atoms with van der Waals surface area (Å²) >= 11 is 12.7. The summed E-state index contributed by atoms with van der Waals surface area (Å²) in [6, 6.07) is 8.49. The van der Waals surface area contributed by atoms with Gasteiger partial charge in [0.15, 0.2) is 0 Å². The van der Waals surface area contributed by atoms with E-state index in [1.165, 1.54) is 13.9 Å². The van der Waals surface area contributed by atoms with Gasteiger partial charge < -0.3 is 0 Å². The van der Waals surface area contributed by atoms with Crippen LogP contribution in [0.5, 0.6) is 0 Å². The molecule has 2 aliphatic heterocycles. The average Bonchev–Trinajstić information content (AvgIpc) is 2.78. The first-order valence-electron chi connectivity index (χ1n) is 6.91. The van der Waals surface area contributed by atoms with E-state index in [0.29, 0.717) is 5.69 Å². The van der Waals surface area contributed by atoms with Crippen LogP contribution in [0.4, 0.5) is 0 Å². The normalized spacial score (nSPS) is 30.4. The maximum Gasteiger partial charge on any atom is 0.352 e. The van der Waals surface area contributed by atoms with Crippen LogP contribution >= 0.6 is 23.2 Å². The number of alkyl halides is 2. The zero-order valence-electron chi connectivity index (χ0n) is 11.0. The highest BCUT2D eigenvalue weighted by molar-refractivity contribution is 6.30.